The van der Waals surface area contributed by atoms with Crippen LogP contribution < -0.4 is 25.4 Å². The van der Waals surface area contributed by atoms with Crippen molar-refractivity contribution < 1.29 is 66.8 Å². The molecule has 1 aliphatic rings. The Balaban J connectivity index is 1.58. The van der Waals surface area contributed by atoms with E-state index >= 15 is 0 Å². The van der Waals surface area contributed by atoms with Gasteiger partial charge in [0.15, 0.2) is 13.1 Å². The van der Waals surface area contributed by atoms with E-state index < -0.39 is 63.8 Å². The molecule has 3 unspecified atom stereocenters. The van der Waals surface area contributed by atoms with Crippen molar-refractivity contribution in [3.05, 3.63) is 54.2 Å². The molecule has 0 aliphatic carbocycles. The Morgan fingerprint density at radius 3 is 2.16 bits per heavy atom. The molecule has 18 nitrogen and oxygen atoms in total. The fourth-order valence-corrected chi connectivity index (χ4v) is 7.39. The van der Waals surface area contributed by atoms with Crippen LogP contribution in [0.15, 0.2) is 48.5 Å². The number of aromatic nitrogens is 1. The minimum Gasteiger partial charge on any atom is -0.777 e. The van der Waals surface area contributed by atoms with E-state index in [0.29, 0.717) is 19.5 Å². The highest BCUT2D eigenvalue weighted by Gasteiger charge is 2.40. The molecular weight excluding hydrogens is 711 g/mol. The van der Waals surface area contributed by atoms with E-state index in [2.05, 4.69) is 10.6 Å². The van der Waals surface area contributed by atoms with Crippen molar-refractivity contribution in [2.24, 2.45) is 13.0 Å². The van der Waals surface area contributed by atoms with Crippen molar-refractivity contribution >= 4 is 40.2 Å². The highest BCUT2D eigenvalue weighted by Crippen LogP contribution is 2.55. The quantitative estimate of drug-likeness (QED) is 0.0674. The maximum Gasteiger partial charge on any atom is 0.480 e. The zero-order valence-corrected chi connectivity index (χ0v) is 30.6. The van der Waals surface area contributed by atoms with E-state index in [4.69, 9.17) is 28.7 Å². The number of alkyl carbamates (subject to hydrolysis) is 1. The van der Waals surface area contributed by atoms with Gasteiger partial charge in [-0.1, -0.05) is 32.0 Å². The number of carbonyl (C=O) groups excluding carboxylic acids is 3. The van der Waals surface area contributed by atoms with Crippen LogP contribution in [0.2, 0.25) is 0 Å². The van der Waals surface area contributed by atoms with Crippen molar-refractivity contribution in [2.75, 3.05) is 39.5 Å². The van der Waals surface area contributed by atoms with Gasteiger partial charge in [0.2, 0.25) is 11.6 Å². The summed E-state index contributed by atoms with van der Waals surface area (Å²) in [6.07, 6.45) is -2.26. The number of hydrogen-bond donors (Lipinski definition) is 7. The highest BCUT2D eigenvalue weighted by molar-refractivity contribution is 7.70. The van der Waals surface area contributed by atoms with E-state index in [-0.39, 0.29) is 38.0 Å². The maximum atomic E-state index is 13.6. The zero-order chi connectivity index (χ0) is 37.9. The van der Waals surface area contributed by atoms with Crippen LogP contribution in [0.25, 0.3) is 11.3 Å². The monoisotopic (exact) mass is 757 g/mol. The standard InChI is InChI=1S/C30H46BN5O13P2/c1-20(2)19-25(31-48-17-14-36(15-18-49-31)13-16-47-29(40)34-30(50(41,42)43)51(44,45)46)32-28(39)26(21(3)37)33-27(38)24-12-8-11-23(35(24)4)22-9-6-5-7-10-22/h5-12,20-21,25-26,30,37H,13-19H2,1-4H3,(H6-,32,33,34,38,39,40,41,42,43,44,45,46)/t21?,25-,26-/m1/s1. The lowest BCUT2D eigenvalue weighted by molar-refractivity contribution is -0.662. The minimum absolute atomic E-state index is 0.0959. The summed E-state index contributed by atoms with van der Waals surface area (Å²) >= 11 is 0. The third-order valence-electron chi connectivity index (χ3n) is 7.86. The molecule has 1 aromatic carbocycles. The van der Waals surface area contributed by atoms with Crippen molar-refractivity contribution in [2.45, 2.75) is 50.8 Å². The second-order valence-electron chi connectivity index (χ2n) is 12.4. The number of nitrogens with zero attached hydrogens (tertiary/aromatic N) is 2. The number of aliphatic hydroxyl groups excluding tert-OH is 1. The molecule has 1 aliphatic heterocycles. The summed E-state index contributed by atoms with van der Waals surface area (Å²) in [6, 6.07) is 13.4. The molecule has 1 fully saturated rings. The Morgan fingerprint density at radius 1 is 0.980 bits per heavy atom. The predicted molar refractivity (Wildman–Crippen MR) is 182 cm³/mol. The van der Waals surface area contributed by atoms with E-state index in [1.165, 1.54) is 12.2 Å². The molecule has 3 amide bonds. The van der Waals surface area contributed by atoms with E-state index in [1.54, 1.807) is 28.6 Å². The molecule has 7 N–H and O–H groups in total. The van der Waals surface area contributed by atoms with Gasteiger partial charge in [0.05, 0.1) is 12.0 Å². The molecule has 21 heteroatoms. The smallest absolute Gasteiger partial charge is 0.480 e. The Labute approximate surface area is 296 Å². The lowest BCUT2D eigenvalue weighted by Crippen LogP contribution is -2.59. The Morgan fingerprint density at radius 2 is 1.61 bits per heavy atom. The van der Waals surface area contributed by atoms with Gasteiger partial charge in [-0.2, -0.15) is 4.57 Å². The first-order valence-corrected chi connectivity index (χ1v) is 19.5. The summed E-state index contributed by atoms with van der Waals surface area (Å²) in [5.74, 6) is -1.75. The van der Waals surface area contributed by atoms with Gasteiger partial charge >= 0.3 is 26.7 Å². The lowest BCUT2D eigenvalue weighted by atomic mass is 9.73. The topological polar surface area (TPSA) is 260 Å². The number of aliphatic hydroxyl groups is 1. The molecule has 2 heterocycles. The second-order valence-corrected chi connectivity index (χ2v) is 16.2. The molecule has 0 spiro atoms. The van der Waals surface area contributed by atoms with Gasteiger partial charge < -0.3 is 53.9 Å². The summed E-state index contributed by atoms with van der Waals surface area (Å²) in [5, 5.41) is 17.6. The molecule has 0 saturated carbocycles. The fourth-order valence-electron chi connectivity index (χ4n) is 5.33. The zero-order valence-electron chi connectivity index (χ0n) is 28.8. The molecule has 282 valence electrons. The number of rotatable bonds is 15. The first kappa shape index (κ1) is 42.2. The molecule has 3 rings (SSSR count). The molecule has 1 saturated heterocycles. The van der Waals surface area contributed by atoms with Crippen LogP contribution in [0.5, 0.6) is 0 Å². The molecular formula is C30H46BN5O13P2. The van der Waals surface area contributed by atoms with E-state index in [0.717, 1.165) is 11.3 Å². The highest BCUT2D eigenvalue weighted by atomic mass is 31.2. The van der Waals surface area contributed by atoms with Crippen LogP contribution >= 0.6 is 15.2 Å². The van der Waals surface area contributed by atoms with Gasteiger partial charge in [-0.3, -0.25) is 24.4 Å². The Hall–Kier alpha value is -3.22. The van der Waals surface area contributed by atoms with Crippen molar-refractivity contribution in [3.63, 3.8) is 0 Å². The number of nitrogens with one attached hydrogen (secondary N) is 3. The molecule has 1 aromatic heterocycles. The van der Waals surface area contributed by atoms with Gasteiger partial charge in [-0.25, -0.2) is 4.79 Å². The van der Waals surface area contributed by atoms with E-state index in [9.17, 15) is 33.5 Å². The fraction of sp³-hybridized carbons (Fsp3) is 0.533. The molecule has 0 bridgehead atoms. The normalized spacial score (nSPS) is 18.0. The van der Waals surface area contributed by atoms with Crippen molar-refractivity contribution in [1.29, 1.82) is 0 Å². The largest absolute Gasteiger partial charge is 0.777 e. The van der Waals surface area contributed by atoms with Gasteiger partial charge in [0.1, 0.15) is 19.7 Å². The van der Waals surface area contributed by atoms with E-state index in [1.807, 2.05) is 50.2 Å². The number of carbonyl (C=O) groups is 3. The Bertz CT molecular complexity index is 1540. The van der Waals surface area contributed by atoms with Gasteiger partial charge in [0.25, 0.3) is 5.69 Å². The first-order chi connectivity index (χ1) is 23.9. The molecule has 2 aromatic rings. The van der Waals surface area contributed by atoms with Gasteiger partial charge in [-0.15, -0.1) is 0 Å². The lowest BCUT2D eigenvalue weighted by Gasteiger charge is -2.32. The molecule has 5 atom stereocenters. The molecule has 0 radical (unpaired) electrons. The maximum absolute atomic E-state index is 13.6. The van der Waals surface area contributed by atoms with Gasteiger partial charge in [-0.05, 0) is 37.5 Å². The summed E-state index contributed by atoms with van der Waals surface area (Å²) in [4.78, 5) is 79.2. The van der Waals surface area contributed by atoms with Crippen LogP contribution in [0.4, 0.5) is 4.79 Å². The number of benzene rings is 1. The molecule has 51 heavy (non-hydrogen) atoms. The summed E-state index contributed by atoms with van der Waals surface area (Å²) in [6.45, 7) is 6.02. The SMILES string of the molecule is CC(C)C[C@@H](NC(=O)[C@H](NC(=O)c1cccc(-c2ccccc2)[n+]1C)C(C)O)B1OCCN(CCOC(=O)NC(P(=O)([O-])O)P(=O)(O)O)CCO1. The number of hydrogen-bond acceptors (Lipinski definition) is 11. The third-order valence-corrected chi connectivity index (χ3v) is 11.2. The third kappa shape index (κ3) is 13.1. The second kappa shape index (κ2) is 19.0. The van der Waals surface area contributed by atoms with Crippen LogP contribution in [-0.2, 0) is 35.0 Å². The summed E-state index contributed by atoms with van der Waals surface area (Å²) in [7, 11) is -10.2. The predicted octanol–water partition coefficient (Wildman–Crippen LogP) is -0.702. The number of pyridine rings is 1. The van der Waals surface area contributed by atoms with Crippen molar-refractivity contribution in [1.82, 2.24) is 20.9 Å². The van der Waals surface area contributed by atoms with Crippen LogP contribution in [-0.4, -0.2) is 113 Å². The average Bonchev–Trinajstić information content (AvgIpc) is 3.02. The number of amides is 3. The summed E-state index contributed by atoms with van der Waals surface area (Å²) in [5.41, 5.74) is -0.892. The minimum atomic E-state index is -5.62. The summed E-state index contributed by atoms with van der Waals surface area (Å²) < 4.78 is 41.0. The van der Waals surface area contributed by atoms with Crippen molar-refractivity contribution in [3.8, 4) is 11.3 Å². The van der Waals surface area contributed by atoms with Crippen LogP contribution in [0.3, 0.4) is 0 Å². The first-order valence-electron chi connectivity index (χ1n) is 16.2. The van der Waals surface area contributed by atoms with Crippen LogP contribution in [0, 0.1) is 5.92 Å². The average molecular weight is 757 g/mol. The van der Waals surface area contributed by atoms with Crippen LogP contribution in [0.1, 0.15) is 37.7 Å². The number of ether oxygens (including phenoxy) is 1. The Kier molecular flexibility index (Phi) is 15.7. The van der Waals surface area contributed by atoms with Gasteiger partial charge in [0, 0.05) is 50.5 Å².